The molecule has 2 heterocycles. The second-order valence-electron chi connectivity index (χ2n) is 7.77. The number of aryl methyl sites for hydroxylation is 4. The number of hydrogen-bond acceptors (Lipinski definition) is 2. The van der Waals surface area contributed by atoms with E-state index in [-0.39, 0.29) is 0 Å². The zero-order chi connectivity index (χ0) is 18.7. The SMILES string of the molecule is Cc1cc(C)c(N2c3ccccc3Cc3c2oc2ccc(C)cc32)c(C)c1. The minimum absolute atomic E-state index is 0.905. The molecular weight excluding hydrogens is 330 g/mol. The third-order valence-corrected chi connectivity index (χ3v) is 5.59. The van der Waals surface area contributed by atoms with Crippen LogP contribution >= 0.6 is 0 Å². The van der Waals surface area contributed by atoms with Gasteiger partial charge in [0, 0.05) is 17.4 Å². The number of rotatable bonds is 1. The van der Waals surface area contributed by atoms with Gasteiger partial charge in [-0.2, -0.15) is 0 Å². The molecule has 0 atom stereocenters. The van der Waals surface area contributed by atoms with Gasteiger partial charge in [0.25, 0.3) is 0 Å². The molecule has 27 heavy (non-hydrogen) atoms. The first-order valence-corrected chi connectivity index (χ1v) is 9.51. The molecule has 0 aliphatic carbocycles. The molecule has 3 aromatic carbocycles. The minimum atomic E-state index is 0.905. The molecule has 5 rings (SSSR count). The number of nitrogens with zero attached hydrogens (tertiary/aromatic N) is 1. The van der Waals surface area contributed by atoms with Crippen LogP contribution in [0.25, 0.3) is 11.0 Å². The summed E-state index contributed by atoms with van der Waals surface area (Å²) >= 11 is 0. The van der Waals surface area contributed by atoms with Crippen molar-refractivity contribution < 1.29 is 4.42 Å². The normalized spacial score (nSPS) is 13.0. The van der Waals surface area contributed by atoms with Crippen LogP contribution in [0, 0.1) is 27.7 Å². The van der Waals surface area contributed by atoms with Crippen molar-refractivity contribution in [2.75, 3.05) is 4.90 Å². The summed E-state index contributed by atoms with van der Waals surface area (Å²) < 4.78 is 6.44. The van der Waals surface area contributed by atoms with Gasteiger partial charge in [-0.05, 0) is 62.6 Å². The quantitative estimate of drug-likeness (QED) is 0.321. The maximum Gasteiger partial charge on any atom is 0.209 e. The lowest BCUT2D eigenvalue weighted by atomic mass is 9.94. The third kappa shape index (κ3) is 2.40. The van der Waals surface area contributed by atoms with Crippen molar-refractivity contribution in [3.8, 4) is 0 Å². The summed E-state index contributed by atoms with van der Waals surface area (Å²) in [5.41, 5.74) is 11.1. The average Bonchev–Trinajstić information content (AvgIpc) is 2.98. The van der Waals surface area contributed by atoms with Gasteiger partial charge >= 0.3 is 0 Å². The van der Waals surface area contributed by atoms with Gasteiger partial charge in [0.15, 0.2) is 0 Å². The molecule has 0 unspecified atom stereocenters. The molecule has 0 saturated heterocycles. The van der Waals surface area contributed by atoms with Crippen LogP contribution in [-0.4, -0.2) is 0 Å². The zero-order valence-corrected chi connectivity index (χ0v) is 16.3. The van der Waals surface area contributed by atoms with E-state index < -0.39 is 0 Å². The summed E-state index contributed by atoms with van der Waals surface area (Å²) in [5.74, 6) is 0.962. The van der Waals surface area contributed by atoms with Crippen molar-refractivity contribution in [2.24, 2.45) is 0 Å². The summed E-state index contributed by atoms with van der Waals surface area (Å²) in [6, 6.07) is 19.7. The molecule has 134 valence electrons. The Bertz CT molecular complexity index is 1180. The molecule has 1 aliphatic heterocycles. The highest BCUT2D eigenvalue weighted by Crippen LogP contribution is 2.49. The fourth-order valence-electron chi connectivity index (χ4n) is 4.53. The molecule has 0 amide bonds. The van der Waals surface area contributed by atoms with Crippen LogP contribution in [0.4, 0.5) is 17.3 Å². The van der Waals surface area contributed by atoms with Crippen LogP contribution in [-0.2, 0) is 6.42 Å². The summed E-state index contributed by atoms with van der Waals surface area (Å²) in [6.45, 7) is 8.68. The van der Waals surface area contributed by atoms with Crippen LogP contribution in [0.1, 0.15) is 33.4 Å². The Labute approximate surface area is 160 Å². The van der Waals surface area contributed by atoms with Gasteiger partial charge in [0.1, 0.15) is 5.58 Å². The van der Waals surface area contributed by atoms with Gasteiger partial charge in [-0.15, -0.1) is 0 Å². The van der Waals surface area contributed by atoms with E-state index in [1.807, 2.05) is 0 Å². The highest BCUT2D eigenvalue weighted by Gasteiger charge is 2.30. The van der Waals surface area contributed by atoms with Crippen LogP contribution in [0.15, 0.2) is 59.0 Å². The predicted octanol–water partition coefficient (Wildman–Crippen LogP) is 7.04. The molecule has 1 aliphatic rings. The Balaban J connectivity index is 1.86. The summed E-state index contributed by atoms with van der Waals surface area (Å²) in [6.07, 6.45) is 0.905. The molecule has 1 aromatic heterocycles. The Morgan fingerprint density at radius 1 is 0.815 bits per heavy atom. The lowest BCUT2D eigenvalue weighted by Gasteiger charge is -2.32. The van der Waals surface area contributed by atoms with E-state index in [4.69, 9.17) is 4.42 Å². The van der Waals surface area contributed by atoms with E-state index in [1.165, 1.54) is 50.1 Å². The van der Waals surface area contributed by atoms with Crippen LogP contribution in [0.3, 0.4) is 0 Å². The molecule has 0 bridgehead atoms. The molecule has 2 heteroatoms. The van der Waals surface area contributed by atoms with Crippen molar-refractivity contribution in [1.29, 1.82) is 0 Å². The van der Waals surface area contributed by atoms with Crippen molar-refractivity contribution in [2.45, 2.75) is 34.1 Å². The van der Waals surface area contributed by atoms with E-state index >= 15 is 0 Å². The van der Waals surface area contributed by atoms with Gasteiger partial charge in [-0.25, -0.2) is 0 Å². The van der Waals surface area contributed by atoms with Crippen molar-refractivity contribution in [3.05, 3.63) is 88.0 Å². The van der Waals surface area contributed by atoms with Gasteiger partial charge < -0.3 is 4.42 Å². The maximum absolute atomic E-state index is 6.44. The highest BCUT2D eigenvalue weighted by atomic mass is 16.4. The predicted molar refractivity (Wildman–Crippen MR) is 113 cm³/mol. The second kappa shape index (κ2) is 5.75. The van der Waals surface area contributed by atoms with Gasteiger partial charge in [-0.3, -0.25) is 4.90 Å². The Hall–Kier alpha value is -3.00. The summed E-state index contributed by atoms with van der Waals surface area (Å²) in [5, 5.41) is 1.23. The Morgan fingerprint density at radius 3 is 2.33 bits per heavy atom. The Kier molecular flexibility index (Phi) is 3.45. The molecule has 4 aromatic rings. The minimum Gasteiger partial charge on any atom is -0.439 e. The van der Waals surface area contributed by atoms with E-state index in [0.29, 0.717) is 0 Å². The summed E-state index contributed by atoms with van der Waals surface area (Å²) in [4.78, 5) is 2.33. The first-order valence-electron chi connectivity index (χ1n) is 9.51. The molecule has 0 spiro atoms. The summed E-state index contributed by atoms with van der Waals surface area (Å²) in [7, 11) is 0. The fourth-order valence-corrected chi connectivity index (χ4v) is 4.53. The molecular formula is C25H23NO. The molecule has 0 fully saturated rings. The monoisotopic (exact) mass is 353 g/mol. The lowest BCUT2D eigenvalue weighted by Crippen LogP contribution is -2.19. The maximum atomic E-state index is 6.44. The average molecular weight is 353 g/mol. The second-order valence-corrected chi connectivity index (χ2v) is 7.77. The number of anilines is 3. The van der Waals surface area contributed by atoms with Crippen LogP contribution < -0.4 is 4.90 Å². The number of benzene rings is 3. The molecule has 0 radical (unpaired) electrons. The smallest absolute Gasteiger partial charge is 0.209 e. The van der Waals surface area contributed by atoms with Gasteiger partial charge in [-0.1, -0.05) is 47.5 Å². The standard InChI is InChI=1S/C25H23NO/c1-15-9-10-23-20(13-15)21-14-19-7-5-6-8-22(19)26(25(21)27-23)24-17(3)11-16(2)12-18(24)4/h5-13H,14H2,1-4H3. The molecule has 2 nitrogen and oxygen atoms in total. The van der Waals surface area contributed by atoms with Crippen LogP contribution in [0.5, 0.6) is 0 Å². The first kappa shape index (κ1) is 16.2. The topological polar surface area (TPSA) is 16.4 Å². The zero-order valence-electron chi connectivity index (χ0n) is 16.3. The van der Waals surface area contributed by atoms with E-state index in [1.54, 1.807) is 0 Å². The first-order chi connectivity index (χ1) is 13.0. The van der Waals surface area contributed by atoms with Crippen molar-refractivity contribution >= 4 is 28.2 Å². The van der Waals surface area contributed by atoms with E-state index in [0.717, 1.165) is 17.9 Å². The molecule has 0 saturated carbocycles. The lowest BCUT2D eigenvalue weighted by molar-refractivity contribution is 0.613. The Morgan fingerprint density at radius 2 is 1.56 bits per heavy atom. The largest absolute Gasteiger partial charge is 0.439 e. The van der Waals surface area contributed by atoms with Crippen molar-refractivity contribution in [1.82, 2.24) is 0 Å². The van der Waals surface area contributed by atoms with Crippen molar-refractivity contribution in [3.63, 3.8) is 0 Å². The van der Waals surface area contributed by atoms with Gasteiger partial charge in [0.05, 0.1) is 11.4 Å². The number of hydrogen-bond donors (Lipinski definition) is 0. The van der Waals surface area contributed by atoms with E-state index in [9.17, 15) is 0 Å². The van der Waals surface area contributed by atoms with E-state index in [2.05, 4.69) is 87.2 Å². The highest BCUT2D eigenvalue weighted by molar-refractivity contribution is 5.94. The fraction of sp³-hybridized carbons (Fsp3) is 0.200. The van der Waals surface area contributed by atoms with Crippen LogP contribution in [0.2, 0.25) is 0 Å². The van der Waals surface area contributed by atoms with Gasteiger partial charge in [0.2, 0.25) is 5.88 Å². The number of fused-ring (bicyclic) bond motifs is 4. The number of para-hydroxylation sites is 1. The molecule has 0 N–H and O–H groups in total. The third-order valence-electron chi connectivity index (χ3n) is 5.59. The number of furan rings is 1.